The molecule has 2 atom stereocenters. The van der Waals surface area contributed by atoms with Crippen LogP contribution in [0.2, 0.25) is 11.1 Å². The molecule has 0 aromatic heterocycles. The summed E-state index contributed by atoms with van der Waals surface area (Å²) in [4.78, 5) is 32.7. The molecule has 0 aliphatic carbocycles. The molecule has 0 fully saturated rings. The minimum atomic E-state index is -1.17. The second-order valence-corrected chi connectivity index (χ2v) is 5.79. The molecule has 0 rings (SSSR count). The SMILES string of the molecule is C[Se]CC[C@@H](NC(=O)CC[C@H](N)C(=O)O)C(=O)O. The van der Waals surface area contributed by atoms with Crippen LogP contribution in [0.4, 0.5) is 0 Å². The molecule has 7 nitrogen and oxygen atoms in total. The predicted molar refractivity (Wildman–Crippen MR) is 65.5 cm³/mol. The van der Waals surface area contributed by atoms with Crippen LogP contribution in [-0.4, -0.2) is 55.1 Å². The summed E-state index contributed by atoms with van der Waals surface area (Å²) in [5.74, 6) is -0.747. The second kappa shape index (κ2) is 8.90. The van der Waals surface area contributed by atoms with Gasteiger partial charge in [0.2, 0.25) is 0 Å². The van der Waals surface area contributed by atoms with E-state index in [1.807, 2.05) is 5.82 Å². The molecule has 104 valence electrons. The number of carbonyl (C=O) groups is 3. The van der Waals surface area contributed by atoms with Crippen LogP contribution in [0.3, 0.4) is 0 Å². The van der Waals surface area contributed by atoms with Gasteiger partial charge in [0.1, 0.15) is 0 Å². The maximum absolute atomic E-state index is 11.4. The van der Waals surface area contributed by atoms with Crippen molar-refractivity contribution in [2.75, 3.05) is 0 Å². The van der Waals surface area contributed by atoms with Crippen LogP contribution < -0.4 is 11.1 Å². The number of amides is 1. The van der Waals surface area contributed by atoms with Crippen molar-refractivity contribution in [3.8, 4) is 0 Å². The molecule has 18 heavy (non-hydrogen) atoms. The molecule has 0 unspecified atom stereocenters. The first-order valence-electron chi connectivity index (χ1n) is 5.38. The van der Waals surface area contributed by atoms with Gasteiger partial charge in [0, 0.05) is 0 Å². The quantitative estimate of drug-likeness (QED) is 0.415. The van der Waals surface area contributed by atoms with E-state index in [1.165, 1.54) is 0 Å². The average molecular weight is 325 g/mol. The van der Waals surface area contributed by atoms with Crippen LogP contribution in [0.1, 0.15) is 19.3 Å². The molecule has 0 bridgehead atoms. The molecular formula is C10H18N2O5Se. The Kier molecular flexibility index (Phi) is 8.36. The van der Waals surface area contributed by atoms with Gasteiger partial charge in [0.15, 0.2) is 0 Å². The van der Waals surface area contributed by atoms with Crippen LogP contribution in [0, 0.1) is 0 Å². The van der Waals surface area contributed by atoms with Gasteiger partial charge in [-0.05, 0) is 0 Å². The summed E-state index contributed by atoms with van der Waals surface area (Å²) < 4.78 is 0. The number of carboxylic acid groups (broad SMARTS) is 2. The van der Waals surface area contributed by atoms with Crippen molar-refractivity contribution in [2.24, 2.45) is 5.73 Å². The number of nitrogens with two attached hydrogens (primary N) is 1. The van der Waals surface area contributed by atoms with Gasteiger partial charge in [0.25, 0.3) is 0 Å². The molecule has 0 aliphatic rings. The number of carbonyl (C=O) groups excluding carboxylic acids is 1. The number of hydrogen-bond acceptors (Lipinski definition) is 4. The Bertz CT molecular complexity index is 311. The average Bonchev–Trinajstić information content (AvgIpc) is 2.30. The Balaban J connectivity index is 4.09. The van der Waals surface area contributed by atoms with E-state index >= 15 is 0 Å². The van der Waals surface area contributed by atoms with E-state index in [9.17, 15) is 14.4 Å². The third-order valence-electron chi connectivity index (χ3n) is 2.24. The summed E-state index contributed by atoms with van der Waals surface area (Å²) in [7, 11) is 0. The third-order valence-corrected chi connectivity index (χ3v) is 3.59. The molecule has 0 spiro atoms. The molecule has 0 heterocycles. The standard InChI is InChI=1S/C10H18N2O5Se/c1-18-5-4-7(10(16)17)12-8(13)3-2-6(11)9(14)15/h6-7H,2-5,11H2,1H3,(H,12,13)(H,14,15)(H,16,17)/t6-,7+/m0/s1. The fraction of sp³-hybridized carbons (Fsp3) is 0.700. The topological polar surface area (TPSA) is 130 Å². The zero-order valence-electron chi connectivity index (χ0n) is 10.1. The Morgan fingerprint density at radius 1 is 1.22 bits per heavy atom. The van der Waals surface area contributed by atoms with Gasteiger partial charge >= 0.3 is 111 Å². The summed E-state index contributed by atoms with van der Waals surface area (Å²) in [5.41, 5.74) is 5.24. The van der Waals surface area contributed by atoms with Gasteiger partial charge in [-0.25, -0.2) is 0 Å². The molecule has 0 aliphatic heterocycles. The monoisotopic (exact) mass is 326 g/mol. The first-order chi connectivity index (χ1) is 8.38. The van der Waals surface area contributed by atoms with E-state index in [-0.39, 0.29) is 12.8 Å². The Morgan fingerprint density at radius 2 is 1.83 bits per heavy atom. The van der Waals surface area contributed by atoms with Gasteiger partial charge in [-0.2, -0.15) is 0 Å². The van der Waals surface area contributed by atoms with Crippen molar-refractivity contribution in [1.82, 2.24) is 5.32 Å². The molecule has 8 heteroatoms. The van der Waals surface area contributed by atoms with Crippen molar-refractivity contribution in [3.05, 3.63) is 0 Å². The number of hydrogen-bond donors (Lipinski definition) is 4. The van der Waals surface area contributed by atoms with Crippen molar-refractivity contribution >= 4 is 32.8 Å². The summed E-state index contributed by atoms with van der Waals surface area (Å²) in [6, 6.07) is -2.00. The predicted octanol–water partition coefficient (Wildman–Crippen LogP) is -0.691. The number of aliphatic carboxylic acids is 2. The number of carboxylic acids is 2. The van der Waals surface area contributed by atoms with Crippen LogP contribution >= 0.6 is 0 Å². The Morgan fingerprint density at radius 3 is 2.28 bits per heavy atom. The van der Waals surface area contributed by atoms with Crippen molar-refractivity contribution in [3.63, 3.8) is 0 Å². The van der Waals surface area contributed by atoms with Gasteiger partial charge in [-0.3, -0.25) is 0 Å². The fourth-order valence-corrected chi connectivity index (χ4v) is 2.16. The number of nitrogens with one attached hydrogen (secondary N) is 1. The molecule has 0 saturated carbocycles. The second-order valence-electron chi connectivity index (χ2n) is 3.72. The molecule has 0 aromatic rings. The van der Waals surface area contributed by atoms with E-state index in [2.05, 4.69) is 5.32 Å². The van der Waals surface area contributed by atoms with E-state index in [0.29, 0.717) is 21.4 Å². The summed E-state index contributed by atoms with van der Waals surface area (Å²) in [6.45, 7) is 0. The normalized spacial score (nSPS) is 13.7. The molecular weight excluding hydrogens is 307 g/mol. The summed E-state index contributed by atoms with van der Waals surface area (Å²) >= 11 is 0.351. The molecule has 0 radical (unpaired) electrons. The first-order valence-corrected chi connectivity index (χ1v) is 8.30. The van der Waals surface area contributed by atoms with Gasteiger partial charge in [-0.1, -0.05) is 0 Å². The van der Waals surface area contributed by atoms with E-state index in [1.54, 1.807) is 0 Å². The van der Waals surface area contributed by atoms with Crippen LogP contribution in [0.15, 0.2) is 0 Å². The molecule has 0 aromatic carbocycles. The van der Waals surface area contributed by atoms with E-state index in [4.69, 9.17) is 15.9 Å². The Hall–Kier alpha value is -1.11. The molecule has 0 saturated heterocycles. The molecule has 5 N–H and O–H groups in total. The zero-order valence-corrected chi connectivity index (χ0v) is 11.8. The third kappa shape index (κ3) is 7.26. The van der Waals surface area contributed by atoms with Crippen molar-refractivity contribution < 1.29 is 24.6 Å². The van der Waals surface area contributed by atoms with Gasteiger partial charge in [-0.15, -0.1) is 0 Å². The minimum absolute atomic E-state index is 0.00871. The fourth-order valence-electron chi connectivity index (χ4n) is 1.17. The Labute approximate surface area is 111 Å². The summed E-state index contributed by atoms with van der Waals surface area (Å²) in [6.07, 6.45) is 0.294. The van der Waals surface area contributed by atoms with Crippen LogP contribution in [0.25, 0.3) is 0 Å². The summed E-state index contributed by atoms with van der Waals surface area (Å²) in [5, 5.41) is 20.6. The van der Waals surface area contributed by atoms with E-state index < -0.39 is 29.9 Å². The first kappa shape index (κ1) is 16.9. The van der Waals surface area contributed by atoms with Crippen LogP contribution in [0.5, 0.6) is 0 Å². The molecule has 1 amide bonds. The zero-order chi connectivity index (χ0) is 14.1. The van der Waals surface area contributed by atoms with E-state index in [0.717, 1.165) is 5.32 Å². The van der Waals surface area contributed by atoms with Gasteiger partial charge < -0.3 is 0 Å². The number of rotatable bonds is 9. The van der Waals surface area contributed by atoms with Crippen LogP contribution in [-0.2, 0) is 14.4 Å². The van der Waals surface area contributed by atoms with Gasteiger partial charge in [0.05, 0.1) is 0 Å². The van der Waals surface area contributed by atoms with Crippen molar-refractivity contribution in [1.29, 1.82) is 0 Å². The van der Waals surface area contributed by atoms with Crippen molar-refractivity contribution in [2.45, 2.75) is 42.5 Å². The maximum atomic E-state index is 11.4.